The van der Waals surface area contributed by atoms with Gasteiger partial charge in [-0.2, -0.15) is 13.2 Å². The molecule has 0 saturated carbocycles. The number of aromatic carboxylic acids is 1. The molecule has 0 bridgehead atoms. The van der Waals surface area contributed by atoms with E-state index in [1.54, 1.807) is 25.3 Å². The average Bonchev–Trinajstić information content (AvgIpc) is 2.96. The van der Waals surface area contributed by atoms with Crippen LogP contribution in [0, 0.1) is 0 Å². The van der Waals surface area contributed by atoms with E-state index in [1.807, 2.05) is 49.1 Å². The summed E-state index contributed by atoms with van der Waals surface area (Å²) in [5.41, 5.74) is 1.88. The van der Waals surface area contributed by atoms with E-state index in [0.29, 0.717) is 37.8 Å². The topological polar surface area (TPSA) is 135 Å². The minimum atomic E-state index is -5.08. The molecule has 230 valence electrons. The van der Waals surface area contributed by atoms with E-state index in [0.717, 1.165) is 37.5 Å². The minimum Gasteiger partial charge on any atom is -0.497 e. The summed E-state index contributed by atoms with van der Waals surface area (Å²) in [7, 11) is 1.63. The Kier molecular flexibility index (Phi) is 13.1. The van der Waals surface area contributed by atoms with E-state index < -0.39 is 18.1 Å². The summed E-state index contributed by atoms with van der Waals surface area (Å²) in [6.07, 6.45) is -5.08. The summed E-state index contributed by atoms with van der Waals surface area (Å²) in [5.74, 6) is -2.14. The van der Waals surface area contributed by atoms with Crippen LogP contribution in [0.1, 0.15) is 29.8 Å². The molecule has 42 heavy (non-hydrogen) atoms. The molecule has 0 atom stereocenters. The third kappa shape index (κ3) is 10.9. The van der Waals surface area contributed by atoms with Gasteiger partial charge in [0.25, 0.3) is 0 Å². The van der Waals surface area contributed by atoms with Crippen LogP contribution in [0.25, 0.3) is 0 Å². The fraction of sp³-hybridized carbons (Fsp3) is 0.429. The van der Waals surface area contributed by atoms with Crippen molar-refractivity contribution in [2.75, 3.05) is 58.2 Å². The van der Waals surface area contributed by atoms with E-state index in [1.165, 1.54) is 0 Å². The minimum absolute atomic E-state index is 0.152. The number of carboxylic acid groups (broad SMARTS) is 2. The lowest BCUT2D eigenvalue weighted by Gasteiger charge is -2.37. The summed E-state index contributed by atoms with van der Waals surface area (Å²) < 4.78 is 37.1. The molecule has 0 radical (unpaired) electrons. The monoisotopic (exact) mass is 595 g/mol. The van der Waals surface area contributed by atoms with E-state index in [9.17, 15) is 27.9 Å². The molecule has 1 heterocycles. The van der Waals surface area contributed by atoms with Crippen molar-refractivity contribution in [2.24, 2.45) is 4.99 Å². The van der Waals surface area contributed by atoms with Crippen LogP contribution in [0.5, 0.6) is 5.75 Å². The number of piperazine rings is 1. The van der Waals surface area contributed by atoms with Crippen LogP contribution in [0.3, 0.4) is 0 Å². The van der Waals surface area contributed by atoms with Crippen LogP contribution in [0.4, 0.5) is 18.9 Å². The van der Waals surface area contributed by atoms with Gasteiger partial charge in [0, 0.05) is 45.0 Å². The number of halogens is 3. The predicted octanol–water partition coefficient (Wildman–Crippen LogP) is 3.48. The molecule has 1 saturated heterocycles. The largest absolute Gasteiger partial charge is 0.497 e. The zero-order chi connectivity index (χ0) is 31.3. The quantitative estimate of drug-likeness (QED) is 0.294. The molecule has 0 unspecified atom stereocenters. The number of hydrogen-bond acceptors (Lipinski definition) is 6. The third-order valence-electron chi connectivity index (χ3n) is 6.30. The molecule has 1 aliphatic heterocycles. The number of amides is 1. The maximum Gasteiger partial charge on any atom is 0.490 e. The number of benzene rings is 2. The number of guanidine groups is 1. The summed E-state index contributed by atoms with van der Waals surface area (Å²) >= 11 is 0. The highest BCUT2D eigenvalue weighted by atomic mass is 19.4. The number of nitrogens with one attached hydrogen (secondary N) is 1. The second-order valence-electron chi connectivity index (χ2n) is 9.13. The SMILES string of the molecule is CCN(CC)C(=O)CN1CCN(C(=NCc2cccc(OC)c2)Nc2cccc(C(=O)O)c2)CC1.O=C(O)C(F)(F)F. The number of aliphatic carboxylic acids is 1. The van der Waals surface area contributed by atoms with E-state index >= 15 is 0 Å². The van der Waals surface area contributed by atoms with Crippen LogP contribution in [-0.4, -0.2) is 108 Å². The van der Waals surface area contributed by atoms with Gasteiger partial charge in [0.2, 0.25) is 5.91 Å². The number of rotatable bonds is 9. The second-order valence-corrected chi connectivity index (χ2v) is 9.13. The highest BCUT2D eigenvalue weighted by Crippen LogP contribution is 2.16. The van der Waals surface area contributed by atoms with Crippen molar-refractivity contribution in [3.63, 3.8) is 0 Å². The molecule has 11 nitrogen and oxygen atoms in total. The molecule has 0 aliphatic carbocycles. The van der Waals surface area contributed by atoms with E-state index in [-0.39, 0.29) is 11.5 Å². The Hall–Kier alpha value is -4.33. The first-order valence-electron chi connectivity index (χ1n) is 13.2. The van der Waals surface area contributed by atoms with E-state index in [2.05, 4.69) is 15.1 Å². The number of hydrogen-bond donors (Lipinski definition) is 3. The first kappa shape index (κ1) is 33.9. The van der Waals surface area contributed by atoms with Crippen LogP contribution in [0.15, 0.2) is 53.5 Å². The molecule has 3 rings (SSSR count). The Morgan fingerprint density at radius 2 is 1.62 bits per heavy atom. The van der Waals surface area contributed by atoms with Crippen molar-refractivity contribution in [3.8, 4) is 5.75 Å². The smallest absolute Gasteiger partial charge is 0.490 e. The Bertz CT molecular complexity index is 1230. The average molecular weight is 596 g/mol. The molecule has 3 N–H and O–H groups in total. The number of nitrogens with zero attached hydrogens (tertiary/aromatic N) is 4. The number of alkyl halides is 3. The number of likely N-dealkylation sites (N-methyl/N-ethyl adjacent to an activating group) is 1. The van der Waals surface area contributed by atoms with Crippen molar-refractivity contribution in [1.82, 2.24) is 14.7 Å². The third-order valence-corrected chi connectivity index (χ3v) is 6.30. The standard InChI is InChI=1S/C26H35N5O4.C2HF3O2/c1-4-30(5-2)24(32)19-29-12-14-31(15-13-29)26(27-18-20-8-6-11-23(16-20)35-3)28-22-10-7-9-21(17-22)25(33)34;3-2(4,5)1(6)7/h6-11,16-17H,4-5,12-15,18-19H2,1-3H3,(H,27,28)(H,33,34);(H,6,7). The molecule has 2 aromatic carbocycles. The van der Waals surface area contributed by atoms with Gasteiger partial charge in [0.15, 0.2) is 5.96 Å². The Labute approximate surface area is 242 Å². The molecular formula is C28H36F3N5O6. The van der Waals surface area contributed by atoms with Gasteiger partial charge >= 0.3 is 18.1 Å². The number of carbonyl (C=O) groups is 3. The van der Waals surface area contributed by atoms with Crippen molar-refractivity contribution in [3.05, 3.63) is 59.7 Å². The van der Waals surface area contributed by atoms with Gasteiger partial charge < -0.3 is 30.1 Å². The number of carbonyl (C=O) groups excluding carboxylic acids is 1. The van der Waals surface area contributed by atoms with Gasteiger partial charge in [-0.3, -0.25) is 9.69 Å². The lowest BCUT2D eigenvalue weighted by molar-refractivity contribution is -0.192. The molecule has 14 heteroatoms. The van der Waals surface area contributed by atoms with Gasteiger partial charge in [0.05, 0.1) is 25.8 Å². The van der Waals surface area contributed by atoms with Crippen molar-refractivity contribution in [1.29, 1.82) is 0 Å². The van der Waals surface area contributed by atoms with Crippen LogP contribution >= 0.6 is 0 Å². The number of methoxy groups -OCH3 is 1. The lowest BCUT2D eigenvalue weighted by atomic mass is 10.2. The second kappa shape index (κ2) is 16.2. The van der Waals surface area contributed by atoms with Gasteiger partial charge in [-0.15, -0.1) is 0 Å². The molecule has 1 amide bonds. The zero-order valence-corrected chi connectivity index (χ0v) is 23.7. The number of ether oxygens (including phenoxy) is 1. The molecule has 1 aliphatic rings. The maximum atomic E-state index is 12.5. The number of carboxylic acids is 2. The molecule has 0 aromatic heterocycles. The number of anilines is 1. The molecule has 2 aromatic rings. The summed E-state index contributed by atoms with van der Waals surface area (Å²) in [6.45, 7) is 9.17. The van der Waals surface area contributed by atoms with E-state index in [4.69, 9.17) is 19.6 Å². The Balaban J connectivity index is 0.000000782. The first-order chi connectivity index (χ1) is 19.9. The highest BCUT2D eigenvalue weighted by molar-refractivity contribution is 5.96. The van der Waals surface area contributed by atoms with Gasteiger partial charge in [-0.25, -0.2) is 14.6 Å². The number of aliphatic imine (C=N–C) groups is 1. The Morgan fingerprint density at radius 3 is 2.17 bits per heavy atom. The Morgan fingerprint density at radius 1 is 1.00 bits per heavy atom. The first-order valence-corrected chi connectivity index (χ1v) is 13.2. The molecular weight excluding hydrogens is 559 g/mol. The van der Waals surface area contributed by atoms with Crippen LogP contribution in [0.2, 0.25) is 0 Å². The molecule has 0 spiro atoms. The van der Waals surface area contributed by atoms with Crippen LogP contribution in [-0.2, 0) is 16.1 Å². The summed E-state index contributed by atoms with van der Waals surface area (Å²) in [5, 5.41) is 19.8. The zero-order valence-electron chi connectivity index (χ0n) is 23.7. The van der Waals surface area contributed by atoms with Crippen molar-refractivity contribution >= 4 is 29.5 Å². The van der Waals surface area contributed by atoms with Gasteiger partial charge in [0.1, 0.15) is 5.75 Å². The van der Waals surface area contributed by atoms with Gasteiger partial charge in [-0.05, 0) is 49.7 Å². The fourth-order valence-corrected chi connectivity index (χ4v) is 4.00. The summed E-state index contributed by atoms with van der Waals surface area (Å²) in [4.78, 5) is 43.8. The normalized spacial score (nSPS) is 14.0. The maximum absolute atomic E-state index is 12.5. The highest BCUT2D eigenvalue weighted by Gasteiger charge is 2.38. The van der Waals surface area contributed by atoms with Gasteiger partial charge in [-0.1, -0.05) is 18.2 Å². The predicted molar refractivity (Wildman–Crippen MR) is 151 cm³/mol. The lowest BCUT2D eigenvalue weighted by Crippen LogP contribution is -2.53. The molecule has 1 fully saturated rings. The van der Waals surface area contributed by atoms with Crippen molar-refractivity contribution < 1.29 is 42.5 Å². The van der Waals surface area contributed by atoms with Crippen LogP contribution < -0.4 is 10.1 Å². The van der Waals surface area contributed by atoms with Crippen molar-refractivity contribution in [2.45, 2.75) is 26.6 Å². The fourth-order valence-electron chi connectivity index (χ4n) is 4.00. The summed E-state index contributed by atoms with van der Waals surface area (Å²) in [6, 6.07) is 14.5.